The smallest absolute Gasteiger partial charge is 0.228 e. The van der Waals surface area contributed by atoms with Gasteiger partial charge in [-0.05, 0) is 49.8 Å². The normalized spacial score (nSPS) is 19.9. The average molecular weight is 444 g/mol. The molecule has 2 aliphatic rings. The van der Waals surface area contributed by atoms with E-state index in [0.29, 0.717) is 46.2 Å². The molecule has 10 heteroatoms. The second kappa shape index (κ2) is 7.65. The minimum absolute atomic E-state index is 0.0227. The van der Waals surface area contributed by atoms with E-state index in [1.54, 1.807) is 17.8 Å². The number of hydrogen-bond acceptors (Lipinski definition) is 8. The van der Waals surface area contributed by atoms with Crippen molar-refractivity contribution in [2.45, 2.75) is 38.7 Å². The fourth-order valence-electron chi connectivity index (χ4n) is 4.09. The van der Waals surface area contributed by atoms with Gasteiger partial charge in [0.2, 0.25) is 5.91 Å². The van der Waals surface area contributed by atoms with E-state index < -0.39 is 0 Å². The van der Waals surface area contributed by atoms with Crippen LogP contribution in [0.15, 0.2) is 30.6 Å². The van der Waals surface area contributed by atoms with Crippen molar-refractivity contribution in [2.75, 3.05) is 17.7 Å². The van der Waals surface area contributed by atoms with E-state index in [4.69, 9.17) is 4.74 Å². The molecule has 4 aromatic rings. The van der Waals surface area contributed by atoms with Gasteiger partial charge in [-0.2, -0.15) is 0 Å². The summed E-state index contributed by atoms with van der Waals surface area (Å²) >= 11 is 0. The van der Waals surface area contributed by atoms with Crippen molar-refractivity contribution in [3.63, 3.8) is 0 Å². The Labute approximate surface area is 189 Å². The lowest BCUT2D eigenvalue weighted by Gasteiger charge is -2.26. The molecule has 0 radical (unpaired) electrons. The van der Waals surface area contributed by atoms with Crippen molar-refractivity contribution in [3.05, 3.63) is 30.6 Å². The molecule has 0 saturated heterocycles. The van der Waals surface area contributed by atoms with Gasteiger partial charge in [-0.3, -0.25) is 4.79 Å². The van der Waals surface area contributed by atoms with E-state index >= 15 is 0 Å². The highest BCUT2D eigenvalue weighted by atomic mass is 16.5. The monoisotopic (exact) mass is 444 g/mol. The van der Waals surface area contributed by atoms with Gasteiger partial charge in [-0.25, -0.2) is 14.5 Å². The van der Waals surface area contributed by atoms with Crippen molar-refractivity contribution in [1.82, 2.24) is 29.8 Å². The van der Waals surface area contributed by atoms with E-state index in [0.717, 1.165) is 30.4 Å². The molecule has 6 rings (SSSR count). The fraction of sp³-hybridized carbons (Fsp3) is 0.391. The van der Waals surface area contributed by atoms with Gasteiger partial charge in [-0.1, -0.05) is 6.92 Å². The topological polar surface area (TPSA) is 119 Å². The van der Waals surface area contributed by atoms with Crippen molar-refractivity contribution in [1.29, 1.82) is 0 Å². The Hall–Kier alpha value is -3.82. The highest BCUT2D eigenvalue weighted by Gasteiger charge is 2.39. The molecule has 0 unspecified atom stereocenters. The molecule has 4 heterocycles. The standard InChI is InChI=1S/C23H24N8O2/c1-12-8-15(12)23(32)26-18-9-16-17(10-25-22(24-2)20(16)29-28-18)21-27-19-7-6-14(11-31(19)30-21)33-13-4-3-5-13/h6-7,9-13,15H,3-5,8H2,1-2H3,(H,24,25)(H,26,28,32)/t12-,15+/m1/s1. The zero-order chi connectivity index (χ0) is 22.5. The summed E-state index contributed by atoms with van der Waals surface area (Å²) in [6.07, 6.45) is 8.16. The molecule has 2 aliphatic carbocycles. The lowest BCUT2D eigenvalue weighted by Crippen LogP contribution is -2.24. The zero-order valence-corrected chi connectivity index (χ0v) is 18.4. The van der Waals surface area contributed by atoms with Crippen molar-refractivity contribution in [2.24, 2.45) is 11.8 Å². The van der Waals surface area contributed by atoms with Gasteiger partial charge in [0.05, 0.1) is 12.3 Å². The predicted octanol–water partition coefficient (Wildman–Crippen LogP) is 3.30. The summed E-state index contributed by atoms with van der Waals surface area (Å²) in [7, 11) is 1.78. The van der Waals surface area contributed by atoms with Gasteiger partial charge in [0, 0.05) is 30.1 Å². The molecule has 2 atom stereocenters. The second-order valence-electron chi connectivity index (χ2n) is 8.84. The van der Waals surface area contributed by atoms with Crippen LogP contribution in [0.4, 0.5) is 11.6 Å². The van der Waals surface area contributed by atoms with Gasteiger partial charge in [0.15, 0.2) is 23.1 Å². The van der Waals surface area contributed by atoms with Crippen LogP contribution in [-0.2, 0) is 4.79 Å². The number of anilines is 2. The third-order valence-electron chi connectivity index (χ3n) is 6.47. The van der Waals surface area contributed by atoms with Crippen LogP contribution in [0.2, 0.25) is 0 Å². The van der Waals surface area contributed by atoms with Gasteiger partial charge in [0.1, 0.15) is 11.3 Å². The number of hydrogen-bond donors (Lipinski definition) is 2. The number of carbonyl (C=O) groups is 1. The van der Waals surface area contributed by atoms with Crippen LogP contribution >= 0.6 is 0 Å². The second-order valence-corrected chi connectivity index (χ2v) is 8.84. The number of rotatable bonds is 6. The summed E-state index contributed by atoms with van der Waals surface area (Å²) in [4.78, 5) is 21.6. The summed E-state index contributed by atoms with van der Waals surface area (Å²) < 4.78 is 7.71. The van der Waals surface area contributed by atoms with Gasteiger partial charge in [-0.15, -0.1) is 15.3 Å². The van der Waals surface area contributed by atoms with Crippen LogP contribution in [0.25, 0.3) is 27.9 Å². The number of aromatic nitrogens is 6. The highest BCUT2D eigenvalue weighted by molar-refractivity contribution is 6.01. The third kappa shape index (κ3) is 3.61. The van der Waals surface area contributed by atoms with E-state index in [-0.39, 0.29) is 11.8 Å². The van der Waals surface area contributed by atoms with Crippen LogP contribution in [0, 0.1) is 11.8 Å². The minimum Gasteiger partial charge on any atom is -0.489 e. The molecule has 168 valence electrons. The van der Waals surface area contributed by atoms with E-state index in [1.165, 1.54) is 6.42 Å². The highest BCUT2D eigenvalue weighted by Crippen LogP contribution is 2.38. The Morgan fingerprint density at radius 2 is 2.09 bits per heavy atom. The number of fused-ring (bicyclic) bond motifs is 2. The number of amides is 1. The number of nitrogens with one attached hydrogen (secondary N) is 2. The Morgan fingerprint density at radius 3 is 2.82 bits per heavy atom. The van der Waals surface area contributed by atoms with Gasteiger partial charge < -0.3 is 15.4 Å². The Balaban J connectivity index is 1.39. The summed E-state index contributed by atoms with van der Waals surface area (Å²) in [6, 6.07) is 5.62. The predicted molar refractivity (Wildman–Crippen MR) is 123 cm³/mol. The Kier molecular flexibility index (Phi) is 4.60. The fourth-order valence-corrected chi connectivity index (χ4v) is 4.09. The lowest BCUT2D eigenvalue weighted by molar-refractivity contribution is -0.117. The molecule has 10 nitrogen and oxygen atoms in total. The molecule has 2 fully saturated rings. The maximum Gasteiger partial charge on any atom is 0.228 e. The largest absolute Gasteiger partial charge is 0.489 e. The lowest BCUT2D eigenvalue weighted by atomic mass is 9.96. The molecular formula is C23H24N8O2. The summed E-state index contributed by atoms with van der Waals surface area (Å²) in [5.74, 6) is 2.72. The third-order valence-corrected chi connectivity index (χ3v) is 6.47. The summed E-state index contributed by atoms with van der Waals surface area (Å²) in [5, 5.41) is 19.9. The number of carbonyl (C=O) groups excluding carboxylic acids is 1. The molecule has 4 aromatic heterocycles. The quantitative estimate of drug-likeness (QED) is 0.465. The zero-order valence-electron chi connectivity index (χ0n) is 18.4. The molecule has 1 amide bonds. The molecule has 0 aliphatic heterocycles. The van der Waals surface area contributed by atoms with Crippen molar-refractivity contribution < 1.29 is 9.53 Å². The van der Waals surface area contributed by atoms with Crippen LogP contribution in [0.5, 0.6) is 5.75 Å². The first-order valence-electron chi connectivity index (χ1n) is 11.3. The maximum atomic E-state index is 12.4. The van der Waals surface area contributed by atoms with Crippen LogP contribution in [0.3, 0.4) is 0 Å². The van der Waals surface area contributed by atoms with Crippen molar-refractivity contribution >= 4 is 34.1 Å². The summed E-state index contributed by atoms with van der Waals surface area (Å²) in [6.45, 7) is 2.07. The maximum absolute atomic E-state index is 12.4. The van der Waals surface area contributed by atoms with Crippen LogP contribution in [0.1, 0.15) is 32.6 Å². The first kappa shape index (κ1) is 19.8. The average Bonchev–Trinajstić information content (AvgIpc) is 3.38. The molecule has 0 spiro atoms. The molecule has 0 bridgehead atoms. The molecule has 2 saturated carbocycles. The van der Waals surface area contributed by atoms with E-state index in [9.17, 15) is 4.79 Å². The molecule has 0 aromatic carbocycles. The van der Waals surface area contributed by atoms with Crippen LogP contribution < -0.4 is 15.4 Å². The summed E-state index contributed by atoms with van der Waals surface area (Å²) in [5.41, 5.74) is 2.00. The Bertz CT molecular complexity index is 1380. The molecule has 2 N–H and O–H groups in total. The van der Waals surface area contributed by atoms with Gasteiger partial charge in [0.25, 0.3) is 0 Å². The van der Waals surface area contributed by atoms with Crippen LogP contribution in [-0.4, -0.2) is 48.8 Å². The minimum atomic E-state index is -0.0227. The number of ether oxygens (including phenoxy) is 1. The van der Waals surface area contributed by atoms with Crippen molar-refractivity contribution in [3.8, 4) is 17.1 Å². The first-order valence-corrected chi connectivity index (χ1v) is 11.3. The Morgan fingerprint density at radius 1 is 1.24 bits per heavy atom. The SMILES string of the molecule is CNc1ncc(-c2nc3ccc(OC4CCC4)cn3n2)c2cc(NC(=O)[C@H]3C[C@H]3C)nnc12. The molecule has 33 heavy (non-hydrogen) atoms. The van der Waals surface area contributed by atoms with Gasteiger partial charge >= 0.3 is 0 Å². The first-order chi connectivity index (χ1) is 16.1. The van der Waals surface area contributed by atoms with E-state index in [2.05, 4.69) is 42.8 Å². The number of pyridine rings is 2. The van der Waals surface area contributed by atoms with E-state index in [1.807, 2.05) is 24.4 Å². The molecular weight excluding hydrogens is 420 g/mol. The number of nitrogens with zero attached hydrogens (tertiary/aromatic N) is 6.